The summed E-state index contributed by atoms with van der Waals surface area (Å²) in [4.78, 5) is 19.4. The number of amides is 1. The molecule has 1 saturated carbocycles. The second-order valence-electron chi connectivity index (χ2n) is 7.11. The molecule has 7 nitrogen and oxygen atoms in total. The monoisotopic (exact) mass is 439 g/mol. The Kier molecular flexibility index (Phi) is 5.27. The summed E-state index contributed by atoms with van der Waals surface area (Å²) in [6.45, 7) is -0.204. The predicted octanol–water partition coefficient (Wildman–Crippen LogP) is 3.59. The van der Waals surface area contributed by atoms with Crippen LogP contribution in [0.5, 0.6) is 5.88 Å². The fraction of sp³-hybridized carbons (Fsp3) is 0.368. The first kappa shape index (κ1) is 20.4. The van der Waals surface area contributed by atoms with Crippen LogP contribution in [0.3, 0.4) is 0 Å². The molecule has 0 bridgehead atoms. The van der Waals surface area contributed by atoms with E-state index in [1.807, 2.05) is 6.20 Å². The number of nitrogens with one attached hydrogen (secondary N) is 1. The van der Waals surface area contributed by atoms with E-state index in [0.29, 0.717) is 18.5 Å². The molecular weight excluding hydrogens is 423 g/mol. The highest BCUT2D eigenvalue weighted by Crippen LogP contribution is 2.46. The van der Waals surface area contributed by atoms with Gasteiger partial charge in [-0.1, -0.05) is 11.6 Å². The smallest absolute Gasteiger partial charge is 0.392 e. The Bertz CT molecular complexity index is 1080. The summed E-state index contributed by atoms with van der Waals surface area (Å²) in [6.07, 6.45) is 1.92. The number of hydrogen-bond donors (Lipinski definition) is 1. The summed E-state index contributed by atoms with van der Waals surface area (Å²) in [5, 5.41) is 8.35. The van der Waals surface area contributed by atoms with E-state index < -0.39 is 24.7 Å². The zero-order valence-corrected chi connectivity index (χ0v) is 16.4. The summed E-state index contributed by atoms with van der Waals surface area (Å²) in [5.74, 6) is -0.0441. The highest BCUT2D eigenvalue weighted by molar-refractivity contribution is 6.31. The first-order chi connectivity index (χ1) is 14.3. The average Bonchev–Trinajstić information content (AvgIpc) is 3.33. The summed E-state index contributed by atoms with van der Waals surface area (Å²) >= 11 is 6.10. The molecule has 0 aromatic carbocycles. The van der Waals surface area contributed by atoms with E-state index >= 15 is 0 Å². The van der Waals surface area contributed by atoms with Crippen molar-refractivity contribution in [3.8, 4) is 5.88 Å². The van der Waals surface area contributed by atoms with Gasteiger partial charge >= 0.3 is 6.18 Å². The van der Waals surface area contributed by atoms with Gasteiger partial charge in [0.25, 0.3) is 0 Å². The van der Waals surface area contributed by atoms with Crippen LogP contribution in [0.1, 0.15) is 30.5 Å². The van der Waals surface area contributed by atoms with Gasteiger partial charge in [0, 0.05) is 24.0 Å². The third-order valence-electron chi connectivity index (χ3n) is 4.85. The molecule has 4 rings (SSSR count). The Morgan fingerprint density at radius 1 is 1.33 bits per heavy atom. The number of fused-ring (bicyclic) bond motifs is 1. The molecule has 1 aliphatic rings. The van der Waals surface area contributed by atoms with Crippen LogP contribution in [-0.2, 0) is 16.9 Å². The molecule has 3 heterocycles. The minimum atomic E-state index is -4.30. The number of rotatable bonds is 8. The zero-order valence-electron chi connectivity index (χ0n) is 15.6. The normalized spacial score (nSPS) is 15.2. The second-order valence-corrected chi connectivity index (χ2v) is 7.51. The number of alkyl halides is 3. The van der Waals surface area contributed by atoms with Crippen molar-refractivity contribution in [1.29, 1.82) is 0 Å². The molecule has 1 N–H and O–H groups in total. The molecule has 0 unspecified atom stereocenters. The highest BCUT2D eigenvalue weighted by atomic mass is 35.5. The van der Waals surface area contributed by atoms with E-state index in [1.54, 1.807) is 23.0 Å². The molecule has 3 aromatic heterocycles. The van der Waals surface area contributed by atoms with E-state index in [2.05, 4.69) is 20.4 Å². The maximum absolute atomic E-state index is 12.2. The number of pyridine rings is 2. The van der Waals surface area contributed by atoms with Crippen LogP contribution >= 0.6 is 11.6 Å². The minimum Gasteiger partial charge on any atom is -0.476 e. The van der Waals surface area contributed by atoms with Gasteiger partial charge in [-0.15, -0.1) is 0 Å². The van der Waals surface area contributed by atoms with E-state index in [0.717, 1.165) is 29.4 Å². The molecular formula is C19H17ClF3N5O2. The van der Waals surface area contributed by atoms with Gasteiger partial charge in [-0.05, 0) is 30.5 Å². The molecule has 158 valence electrons. The van der Waals surface area contributed by atoms with Crippen LogP contribution in [0.25, 0.3) is 10.9 Å². The number of halogens is 4. The molecule has 1 amide bonds. The van der Waals surface area contributed by atoms with Crippen LogP contribution in [0, 0.1) is 0 Å². The third-order valence-corrected chi connectivity index (χ3v) is 5.12. The lowest BCUT2D eigenvalue weighted by Crippen LogP contribution is -2.28. The Morgan fingerprint density at radius 3 is 2.80 bits per heavy atom. The molecule has 0 radical (unpaired) electrons. The van der Waals surface area contributed by atoms with Gasteiger partial charge in [-0.3, -0.25) is 14.5 Å². The summed E-state index contributed by atoms with van der Waals surface area (Å²) in [5.41, 5.74) is 1.79. The largest absolute Gasteiger partial charge is 0.476 e. The van der Waals surface area contributed by atoms with E-state index in [1.165, 1.54) is 6.20 Å². The fourth-order valence-electron chi connectivity index (χ4n) is 3.25. The van der Waals surface area contributed by atoms with Crippen LogP contribution in [0.15, 0.2) is 30.7 Å². The van der Waals surface area contributed by atoms with Crippen LogP contribution < -0.4 is 10.1 Å². The second kappa shape index (κ2) is 7.75. The van der Waals surface area contributed by atoms with E-state index in [9.17, 15) is 18.0 Å². The first-order valence-corrected chi connectivity index (χ1v) is 9.55. The van der Waals surface area contributed by atoms with Crippen LogP contribution in [0.2, 0.25) is 5.02 Å². The molecule has 0 atom stereocenters. The number of hydrogen-bond acceptors (Lipinski definition) is 5. The SMILES string of the molecule is O=CNC1(c2nccc3nn(Cc4cnc(OCCC(F)(F)F)c(Cl)c4)cc23)CC1. The lowest BCUT2D eigenvalue weighted by molar-refractivity contribution is -0.139. The molecule has 1 fully saturated rings. The van der Waals surface area contributed by atoms with Gasteiger partial charge < -0.3 is 10.1 Å². The quantitative estimate of drug-likeness (QED) is 0.542. The number of ether oxygens (including phenoxy) is 1. The molecule has 0 spiro atoms. The van der Waals surface area contributed by atoms with Gasteiger partial charge in [0.05, 0.1) is 36.3 Å². The molecule has 11 heteroatoms. The number of carbonyl (C=O) groups is 1. The van der Waals surface area contributed by atoms with Gasteiger partial charge in [0.1, 0.15) is 5.02 Å². The zero-order chi connectivity index (χ0) is 21.4. The van der Waals surface area contributed by atoms with Crippen molar-refractivity contribution in [2.45, 2.75) is 37.5 Å². The maximum atomic E-state index is 12.2. The van der Waals surface area contributed by atoms with Crippen molar-refractivity contribution in [3.05, 3.63) is 47.0 Å². The number of nitrogens with zero attached hydrogens (tertiary/aromatic N) is 4. The van der Waals surface area contributed by atoms with E-state index in [-0.39, 0.29) is 10.9 Å². The Morgan fingerprint density at radius 2 is 2.13 bits per heavy atom. The average molecular weight is 440 g/mol. The van der Waals surface area contributed by atoms with E-state index in [4.69, 9.17) is 16.3 Å². The van der Waals surface area contributed by atoms with Gasteiger partial charge in [0.15, 0.2) is 0 Å². The minimum absolute atomic E-state index is 0.0441. The first-order valence-electron chi connectivity index (χ1n) is 9.18. The van der Waals surface area contributed by atoms with Crippen molar-refractivity contribution in [1.82, 2.24) is 25.1 Å². The molecule has 3 aromatic rings. The van der Waals surface area contributed by atoms with Crippen molar-refractivity contribution < 1.29 is 22.7 Å². The van der Waals surface area contributed by atoms with Gasteiger partial charge in [0.2, 0.25) is 12.3 Å². The Labute approximate surface area is 174 Å². The molecule has 1 aliphatic carbocycles. The molecule has 0 saturated heterocycles. The number of aromatic nitrogens is 4. The number of carbonyl (C=O) groups excluding carboxylic acids is 1. The van der Waals surface area contributed by atoms with Crippen molar-refractivity contribution >= 4 is 28.9 Å². The standard InChI is InChI=1S/C19H17ClF3N5O2/c20-14-7-12(8-25-17(14)30-6-4-19(21,22)23)9-28-10-13-15(27-28)1-5-24-16(13)18(2-3-18)26-11-29/h1,5,7-8,10-11H,2-4,6,9H2,(H,26,29). The topological polar surface area (TPSA) is 81.9 Å². The lowest BCUT2D eigenvalue weighted by Gasteiger charge is -2.13. The highest BCUT2D eigenvalue weighted by Gasteiger charge is 2.46. The Balaban J connectivity index is 1.51. The molecule has 30 heavy (non-hydrogen) atoms. The van der Waals surface area contributed by atoms with Gasteiger partial charge in [-0.2, -0.15) is 18.3 Å². The van der Waals surface area contributed by atoms with Crippen molar-refractivity contribution in [3.63, 3.8) is 0 Å². The van der Waals surface area contributed by atoms with Crippen molar-refractivity contribution in [2.75, 3.05) is 6.61 Å². The van der Waals surface area contributed by atoms with Crippen LogP contribution in [-0.4, -0.2) is 38.9 Å². The van der Waals surface area contributed by atoms with Crippen LogP contribution in [0.4, 0.5) is 13.2 Å². The maximum Gasteiger partial charge on any atom is 0.392 e. The summed E-state index contributed by atoms with van der Waals surface area (Å²) < 4.78 is 43.4. The molecule has 0 aliphatic heterocycles. The summed E-state index contributed by atoms with van der Waals surface area (Å²) in [6, 6.07) is 3.37. The summed E-state index contributed by atoms with van der Waals surface area (Å²) in [7, 11) is 0. The predicted molar refractivity (Wildman–Crippen MR) is 102 cm³/mol. The van der Waals surface area contributed by atoms with Crippen molar-refractivity contribution in [2.24, 2.45) is 0 Å². The third kappa shape index (κ3) is 4.33. The Hall–Kier alpha value is -2.88. The fourth-order valence-corrected chi connectivity index (χ4v) is 3.50. The van der Waals surface area contributed by atoms with Gasteiger partial charge in [-0.25, -0.2) is 4.98 Å². The lowest BCUT2D eigenvalue weighted by atomic mass is 10.1.